The smallest absolute Gasteiger partial charge is 0.238 e. The van der Waals surface area contributed by atoms with Gasteiger partial charge in [0.15, 0.2) is 0 Å². The van der Waals surface area contributed by atoms with Crippen LogP contribution in [-0.2, 0) is 16.8 Å². The van der Waals surface area contributed by atoms with Crippen LogP contribution in [0.5, 0.6) is 0 Å². The Labute approximate surface area is 141 Å². The average molecular weight is 314 g/mol. The number of rotatable bonds is 6. The molecule has 1 aromatic rings. The minimum atomic E-state index is -0.658. The number of aryl methyl sites for hydroxylation is 1. The zero-order chi connectivity index (χ0) is 17.7. The molecular formula is C20H30N2O. The molecule has 1 amide bonds. The summed E-state index contributed by atoms with van der Waals surface area (Å²) < 4.78 is 0. The molecule has 1 rings (SSSR count). The van der Waals surface area contributed by atoms with E-state index in [-0.39, 0.29) is 11.3 Å². The summed E-state index contributed by atoms with van der Waals surface area (Å²) in [6.07, 6.45) is 2.56. The van der Waals surface area contributed by atoms with E-state index in [9.17, 15) is 10.1 Å². The first-order chi connectivity index (χ1) is 10.7. The topological polar surface area (TPSA) is 52.9 Å². The maximum absolute atomic E-state index is 12.7. The first-order valence-electron chi connectivity index (χ1n) is 8.55. The maximum atomic E-state index is 12.7. The summed E-state index contributed by atoms with van der Waals surface area (Å²) in [4.78, 5) is 12.7. The predicted molar refractivity (Wildman–Crippen MR) is 94.8 cm³/mol. The lowest BCUT2D eigenvalue weighted by molar-refractivity contribution is -0.128. The van der Waals surface area contributed by atoms with Crippen LogP contribution in [0, 0.1) is 22.7 Å². The molecule has 3 nitrogen and oxygen atoms in total. The van der Waals surface area contributed by atoms with Gasteiger partial charge in [0.1, 0.15) is 5.92 Å². The van der Waals surface area contributed by atoms with Crippen molar-refractivity contribution < 1.29 is 4.79 Å². The van der Waals surface area contributed by atoms with Crippen molar-refractivity contribution >= 4 is 5.91 Å². The van der Waals surface area contributed by atoms with Gasteiger partial charge in [-0.2, -0.15) is 5.26 Å². The lowest BCUT2D eigenvalue weighted by Gasteiger charge is -2.36. The number of hydrogen-bond donors (Lipinski definition) is 1. The second kappa shape index (κ2) is 7.64. The molecule has 0 saturated carbocycles. The van der Waals surface area contributed by atoms with Gasteiger partial charge >= 0.3 is 0 Å². The first-order valence-corrected chi connectivity index (χ1v) is 8.55. The summed E-state index contributed by atoms with van der Waals surface area (Å²) >= 11 is 0. The lowest BCUT2D eigenvalue weighted by atomic mass is 9.78. The lowest BCUT2D eigenvalue weighted by Crippen LogP contribution is -2.49. The monoisotopic (exact) mass is 314 g/mol. The van der Waals surface area contributed by atoms with E-state index in [1.165, 1.54) is 5.56 Å². The van der Waals surface area contributed by atoms with Crippen molar-refractivity contribution in [2.45, 2.75) is 66.3 Å². The summed E-state index contributed by atoms with van der Waals surface area (Å²) in [6, 6.07) is 10.6. The highest BCUT2D eigenvalue weighted by Crippen LogP contribution is 2.32. The molecule has 1 N–H and O–H groups in total. The van der Waals surface area contributed by atoms with Crippen molar-refractivity contribution in [2.75, 3.05) is 0 Å². The molecule has 126 valence electrons. The van der Waals surface area contributed by atoms with Gasteiger partial charge in [0, 0.05) is 0 Å². The molecule has 0 bridgehead atoms. The summed E-state index contributed by atoms with van der Waals surface area (Å²) in [5.41, 5.74) is 1.59. The summed E-state index contributed by atoms with van der Waals surface area (Å²) in [5.74, 6) is -0.833. The molecule has 0 saturated heterocycles. The van der Waals surface area contributed by atoms with Crippen LogP contribution in [-0.4, -0.2) is 5.91 Å². The van der Waals surface area contributed by atoms with Crippen molar-refractivity contribution in [2.24, 2.45) is 11.3 Å². The predicted octanol–water partition coefficient (Wildman–Crippen LogP) is 4.57. The van der Waals surface area contributed by atoms with Crippen molar-refractivity contribution in [1.29, 1.82) is 5.26 Å². The van der Waals surface area contributed by atoms with Crippen molar-refractivity contribution in [3.8, 4) is 6.07 Å². The minimum absolute atomic E-state index is 0.175. The number of nitrogens with zero attached hydrogens (tertiary/aromatic N) is 1. The average Bonchev–Trinajstić information content (AvgIpc) is 2.52. The van der Waals surface area contributed by atoms with Gasteiger partial charge in [0.25, 0.3) is 0 Å². The maximum Gasteiger partial charge on any atom is 0.238 e. The second-order valence-corrected chi connectivity index (χ2v) is 7.26. The number of hydrogen-bond acceptors (Lipinski definition) is 2. The number of benzene rings is 1. The molecule has 3 heteroatoms. The molecule has 0 aliphatic rings. The number of carbonyl (C=O) groups is 1. The molecule has 0 aliphatic heterocycles. The zero-order valence-corrected chi connectivity index (χ0v) is 15.4. The van der Waals surface area contributed by atoms with Gasteiger partial charge in [-0.3, -0.25) is 4.79 Å². The Bertz CT molecular complexity index is 574. The van der Waals surface area contributed by atoms with Crippen LogP contribution in [0.3, 0.4) is 0 Å². The summed E-state index contributed by atoms with van der Waals surface area (Å²) in [6.45, 7) is 12.1. The van der Waals surface area contributed by atoms with E-state index in [0.717, 1.165) is 24.8 Å². The van der Waals surface area contributed by atoms with Gasteiger partial charge in [-0.05, 0) is 35.8 Å². The van der Waals surface area contributed by atoms with E-state index in [4.69, 9.17) is 0 Å². The Balaban J connectivity index is 3.20. The number of nitrogens with one attached hydrogen (secondary N) is 1. The van der Waals surface area contributed by atoms with Crippen LogP contribution in [0.25, 0.3) is 0 Å². The van der Waals surface area contributed by atoms with Gasteiger partial charge in [0.2, 0.25) is 5.91 Å². The van der Waals surface area contributed by atoms with Crippen molar-refractivity contribution in [3.05, 3.63) is 35.4 Å². The highest BCUT2D eigenvalue weighted by atomic mass is 16.2. The zero-order valence-electron chi connectivity index (χ0n) is 15.4. The molecule has 1 unspecified atom stereocenters. The molecule has 0 fully saturated rings. The normalized spacial score (nSPS) is 13.3. The SMILES string of the molecule is CCc1cccc(C(CC)(CC)NC(=O)C(C#N)C(C)(C)C)c1. The van der Waals surface area contributed by atoms with E-state index in [2.05, 4.69) is 50.4 Å². The summed E-state index contributed by atoms with van der Waals surface area (Å²) in [5, 5.41) is 12.6. The van der Waals surface area contributed by atoms with E-state index in [1.807, 2.05) is 26.8 Å². The second-order valence-electron chi connectivity index (χ2n) is 7.26. The van der Waals surface area contributed by atoms with Crippen LogP contribution in [0.15, 0.2) is 24.3 Å². The quantitative estimate of drug-likeness (QED) is 0.836. The molecule has 0 aromatic heterocycles. The highest BCUT2D eigenvalue weighted by Gasteiger charge is 2.37. The van der Waals surface area contributed by atoms with Crippen LogP contribution in [0.1, 0.15) is 65.5 Å². The number of nitriles is 1. The van der Waals surface area contributed by atoms with Crippen molar-refractivity contribution in [3.63, 3.8) is 0 Å². The molecular weight excluding hydrogens is 284 g/mol. The van der Waals surface area contributed by atoms with Crippen molar-refractivity contribution in [1.82, 2.24) is 5.32 Å². The van der Waals surface area contributed by atoms with E-state index < -0.39 is 11.5 Å². The Morgan fingerprint density at radius 3 is 2.26 bits per heavy atom. The Hall–Kier alpha value is -1.82. The van der Waals surface area contributed by atoms with Gasteiger partial charge in [0.05, 0.1) is 11.6 Å². The molecule has 0 spiro atoms. The third-order valence-electron chi connectivity index (χ3n) is 4.71. The largest absolute Gasteiger partial charge is 0.345 e. The fraction of sp³-hybridized carbons (Fsp3) is 0.600. The molecule has 0 aliphatic carbocycles. The van der Waals surface area contributed by atoms with E-state index >= 15 is 0 Å². The van der Waals surface area contributed by atoms with E-state index in [0.29, 0.717) is 0 Å². The van der Waals surface area contributed by atoms with E-state index in [1.54, 1.807) is 0 Å². The van der Waals surface area contributed by atoms with Crippen LogP contribution >= 0.6 is 0 Å². The first kappa shape index (κ1) is 19.2. The molecule has 23 heavy (non-hydrogen) atoms. The highest BCUT2D eigenvalue weighted by molar-refractivity contribution is 5.82. The number of amides is 1. The van der Waals surface area contributed by atoms with Crippen LogP contribution < -0.4 is 5.32 Å². The third-order valence-corrected chi connectivity index (χ3v) is 4.71. The fourth-order valence-electron chi connectivity index (χ4n) is 2.95. The Morgan fingerprint density at radius 2 is 1.83 bits per heavy atom. The Morgan fingerprint density at radius 1 is 1.22 bits per heavy atom. The third kappa shape index (κ3) is 4.34. The Kier molecular flexibility index (Phi) is 6.38. The standard InChI is InChI=1S/C20H30N2O/c1-7-15-11-10-12-16(13-15)20(8-2,9-3)22-18(23)17(14-21)19(4,5)6/h10-13,17H,7-9H2,1-6H3,(H,22,23). The van der Waals surface area contributed by atoms with Crippen LogP contribution in [0.4, 0.5) is 0 Å². The summed E-state index contributed by atoms with van der Waals surface area (Å²) in [7, 11) is 0. The van der Waals surface area contributed by atoms with Gasteiger partial charge in [-0.25, -0.2) is 0 Å². The van der Waals surface area contributed by atoms with Gasteiger partial charge in [-0.1, -0.05) is 65.8 Å². The van der Waals surface area contributed by atoms with Gasteiger partial charge < -0.3 is 5.32 Å². The molecule has 1 atom stereocenters. The molecule has 0 heterocycles. The number of carbonyl (C=O) groups excluding carboxylic acids is 1. The fourth-order valence-corrected chi connectivity index (χ4v) is 2.95. The van der Waals surface area contributed by atoms with Gasteiger partial charge in [-0.15, -0.1) is 0 Å². The van der Waals surface area contributed by atoms with Crippen LogP contribution in [0.2, 0.25) is 0 Å². The molecule has 0 radical (unpaired) electrons. The molecule has 1 aromatic carbocycles. The minimum Gasteiger partial charge on any atom is -0.345 e.